The Morgan fingerprint density at radius 3 is 2.62 bits per heavy atom. The summed E-state index contributed by atoms with van der Waals surface area (Å²) in [4.78, 5) is 2.55. The molecule has 1 N–H and O–H groups in total. The normalized spacial score (nSPS) is 16.1. The molecular weight excluding hydrogens is 284 g/mol. The van der Waals surface area contributed by atoms with Crippen molar-refractivity contribution in [3.8, 4) is 5.75 Å². The topological polar surface area (TPSA) is 24.5 Å². The van der Waals surface area contributed by atoms with Gasteiger partial charge in [-0.15, -0.1) is 0 Å². The average molecular weight is 311 g/mol. The second-order valence-corrected chi connectivity index (χ2v) is 6.27. The zero-order chi connectivity index (χ0) is 15.1. The van der Waals surface area contributed by atoms with E-state index in [1.165, 1.54) is 32.5 Å². The van der Waals surface area contributed by atoms with Crippen molar-refractivity contribution in [2.45, 2.75) is 33.1 Å². The van der Waals surface area contributed by atoms with Crippen LogP contribution >= 0.6 is 11.6 Å². The summed E-state index contributed by atoms with van der Waals surface area (Å²) in [5, 5.41) is 4.20. The van der Waals surface area contributed by atoms with Crippen LogP contribution in [0.4, 0.5) is 0 Å². The van der Waals surface area contributed by atoms with Crippen molar-refractivity contribution in [1.82, 2.24) is 10.2 Å². The molecule has 1 fully saturated rings. The molecule has 0 spiro atoms. The van der Waals surface area contributed by atoms with Crippen LogP contribution in [0.2, 0.25) is 5.02 Å². The number of rotatable bonds is 7. The van der Waals surface area contributed by atoms with E-state index in [0.29, 0.717) is 0 Å². The third-order valence-corrected chi connectivity index (χ3v) is 4.45. The fourth-order valence-electron chi connectivity index (χ4n) is 2.64. The molecule has 0 saturated carbocycles. The number of hydrogen-bond donors (Lipinski definition) is 1. The van der Waals surface area contributed by atoms with E-state index >= 15 is 0 Å². The first-order valence-electron chi connectivity index (χ1n) is 7.99. The molecule has 1 aliphatic rings. The molecule has 1 aromatic rings. The number of halogens is 1. The number of nitrogens with zero attached hydrogens (tertiary/aromatic N) is 1. The Morgan fingerprint density at radius 1 is 1.10 bits per heavy atom. The van der Waals surface area contributed by atoms with Crippen LogP contribution in [-0.2, 0) is 0 Å². The molecule has 0 atom stereocenters. The van der Waals surface area contributed by atoms with E-state index in [-0.39, 0.29) is 0 Å². The SMILES string of the molecule is Cc1cc(OCCCCCN2CCNCC2)c(C)cc1Cl. The number of benzene rings is 1. The van der Waals surface area contributed by atoms with Crippen LogP contribution in [0.25, 0.3) is 0 Å². The van der Waals surface area contributed by atoms with Crippen molar-refractivity contribution in [3.05, 3.63) is 28.3 Å². The molecule has 2 rings (SSSR count). The summed E-state index contributed by atoms with van der Waals surface area (Å²) in [5.41, 5.74) is 2.20. The van der Waals surface area contributed by atoms with Gasteiger partial charge in [0.25, 0.3) is 0 Å². The summed E-state index contributed by atoms with van der Waals surface area (Å²) < 4.78 is 5.88. The van der Waals surface area contributed by atoms with Gasteiger partial charge in [-0.05, 0) is 62.9 Å². The third-order valence-electron chi connectivity index (χ3n) is 4.04. The number of nitrogens with one attached hydrogen (secondary N) is 1. The lowest BCUT2D eigenvalue weighted by Crippen LogP contribution is -2.43. The van der Waals surface area contributed by atoms with Crippen molar-refractivity contribution in [2.24, 2.45) is 0 Å². The van der Waals surface area contributed by atoms with Gasteiger partial charge in [-0.2, -0.15) is 0 Å². The second-order valence-electron chi connectivity index (χ2n) is 5.87. The molecular formula is C17H27ClN2O. The highest BCUT2D eigenvalue weighted by molar-refractivity contribution is 6.31. The standard InChI is InChI=1S/C17H27ClN2O/c1-14-13-17(15(2)12-16(14)18)21-11-5-3-4-8-20-9-6-19-7-10-20/h12-13,19H,3-11H2,1-2H3. The molecule has 1 heterocycles. The van der Waals surface area contributed by atoms with Crippen LogP contribution in [-0.4, -0.2) is 44.2 Å². The molecule has 0 aromatic heterocycles. The van der Waals surface area contributed by atoms with Gasteiger partial charge in [0.15, 0.2) is 0 Å². The van der Waals surface area contributed by atoms with Crippen LogP contribution in [0.1, 0.15) is 30.4 Å². The van der Waals surface area contributed by atoms with Gasteiger partial charge in [0.05, 0.1) is 6.61 Å². The fourth-order valence-corrected chi connectivity index (χ4v) is 2.86. The fraction of sp³-hybridized carbons (Fsp3) is 0.647. The van der Waals surface area contributed by atoms with Crippen molar-refractivity contribution in [1.29, 1.82) is 0 Å². The first-order chi connectivity index (χ1) is 10.2. The maximum Gasteiger partial charge on any atom is 0.122 e. The monoisotopic (exact) mass is 310 g/mol. The minimum absolute atomic E-state index is 0.795. The Labute approximate surface area is 133 Å². The molecule has 0 bridgehead atoms. The van der Waals surface area contributed by atoms with Crippen LogP contribution in [0.5, 0.6) is 5.75 Å². The highest BCUT2D eigenvalue weighted by Gasteiger charge is 2.08. The maximum atomic E-state index is 6.10. The lowest BCUT2D eigenvalue weighted by molar-refractivity contribution is 0.232. The maximum absolute atomic E-state index is 6.10. The molecule has 0 aliphatic carbocycles. The molecule has 1 aliphatic heterocycles. The van der Waals surface area contributed by atoms with Crippen LogP contribution in [0.3, 0.4) is 0 Å². The Balaban J connectivity index is 1.60. The van der Waals surface area contributed by atoms with E-state index < -0.39 is 0 Å². The largest absolute Gasteiger partial charge is 0.493 e. The number of ether oxygens (including phenoxy) is 1. The quantitative estimate of drug-likeness (QED) is 0.781. The van der Waals surface area contributed by atoms with Gasteiger partial charge in [0, 0.05) is 31.2 Å². The van der Waals surface area contributed by atoms with E-state index in [1.807, 2.05) is 26.0 Å². The van der Waals surface area contributed by atoms with Gasteiger partial charge in [-0.25, -0.2) is 0 Å². The van der Waals surface area contributed by atoms with Crippen molar-refractivity contribution in [3.63, 3.8) is 0 Å². The lowest BCUT2D eigenvalue weighted by atomic mass is 10.1. The minimum Gasteiger partial charge on any atom is -0.493 e. The van der Waals surface area contributed by atoms with Gasteiger partial charge in [-0.3, -0.25) is 0 Å². The summed E-state index contributed by atoms with van der Waals surface area (Å²) in [7, 11) is 0. The minimum atomic E-state index is 0.795. The molecule has 0 amide bonds. The van der Waals surface area contributed by atoms with Crippen LogP contribution < -0.4 is 10.1 Å². The summed E-state index contributed by atoms with van der Waals surface area (Å²) in [6, 6.07) is 4.02. The van der Waals surface area contributed by atoms with Crippen molar-refractivity contribution in [2.75, 3.05) is 39.3 Å². The van der Waals surface area contributed by atoms with Gasteiger partial charge in [0.1, 0.15) is 5.75 Å². The van der Waals surface area contributed by atoms with Gasteiger partial charge >= 0.3 is 0 Å². The van der Waals surface area contributed by atoms with Crippen LogP contribution in [0.15, 0.2) is 12.1 Å². The first-order valence-corrected chi connectivity index (χ1v) is 8.37. The Hall–Kier alpha value is -0.770. The van der Waals surface area contributed by atoms with E-state index in [1.54, 1.807) is 0 Å². The Morgan fingerprint density at radius 2 is 1.86 bits per heavy atom. The molecule has 4 heteroatoms. The van der Waals surface area contributed by atoms with E-state index in [9.17, 15) is 0 Å². The molecule has 118 valence electrons. The van der Waals surface area contributed by atoms with Gasteiger partial charge in [-0.1, -0.05) is 11.6 Å². The first kappa shape index (κ1) is 16.6. The van der Waals surface area contributed by atoms with E-state index in [2.05, 4.69) is 10.2 Å². The highest BCUT2D eigenvalue weighted by atomic mass is 35.5. The molecule has 21 heavy (non-hydrogen) atoms. The molecule has 0 unspecified atom stereocenters. The van der Waals surface area contributed by atoms with E-state index in [0.717, 1.165) is 48.0 Å². The van der Waals surface area contributed by atoms with Gasteiger partial charge in [0.2, 0.25) is 0 Å². The number of hydrogen-bond acceptors (Lipinski definition) is 3. The summed E-state index contributed by atoms with van der Waals surface area (Å²) >= 11 is 6.10. The average Bonchev–Trinajstić information content (AvgIpc) is 2.49. The third kappa shape index (κ3) is 5.50. The zero-order valence-corrected chi connectivity index (χ0v) is 14.0. The molecule has 0 radical (unpaired) electrons. The predicted octanol–water partition coefficient (Wildman–Crippen LogP) is 3.41. The number of aryl methyl sites for hydroxylation is 2. The highest BCUT2D eigenvalue weighted by Crippen LogP contribution is 2.26. The summed E-state index contributed by atoms with van der Waals surface area (Å²) in [6.45, 7) is 10.7. The number of unbranched alkanes of at least 4 members (excludes halogenated alkanes) is 2. The Bertz CT molecular complexity index is 445. The van der Waals surface area contributed by atoms with Crippen LogP contribution in [0, 0.1) is 13.8 Å². The molecule has 1 saturated heterocycles. The van der Waals surface area contributed by atoms with E-state index in [4.69, 9.17) is 16.3 Å². The second kappa shape index (κ2) is 8.62. The Kier molecular flexibility index (Phi) is 6.81. The lowest BCUT2D eigenvalue weighted by Gasteiger charge is -2.27. The molecule has 1 aromatic carbocycles. The summed E-state index contributed by atoms with van der Waals surface area (Å²) in [6.07, 6.45) is 3.62. The van der Waals surface area contributed by atoms with Crippen molar-refractivity contribution < 1.29 is 4.74 Å². The van der Waals surface area contributed by atoms with Gasteiger partial charge < -0.3 is 15.0 Å². The van der Waals surface area contributed by atoms with Crippen molar-refractivity contribution >= 4 is 11.6 Å². The summed E-state index contributed by atoms with van der Waals surface area (Å²) in [5.74, 6) is 0.971. The smallest absolute Gasteiger partial charge is 0.122 e. The predicted molar refractivity (Wildman–Crippen MR) is 89.6 cm³/mol. The molecule has 3 nitrogen and oxygen atoms in total. The number of piperazine rings is 1. The zero-order valence-electron chi connectivity index (χ0n) is 13.3.